The lowest BCUT2D eigenvalue weighted by Crippen LogP contribution is -2.54. The Balaban J connectivity index is 0.00000512. The van der Waals surface area contributed by atoms with E-state index in [9.17, 15) is 14.4 Å². The first kappa shape index (κ1) is 27.7. The number of alkyl halides is 1. The van der Waals surface area contributed by atoms with Gasteiger partial charge in [0.1, 0.15) is 6.04 Å². The molecule has 11 heteroatoms. The summed E-state index contributed by atoms with van der Waals surface area (Å²) in [5.74, 6) is -1.19. The minimum Gasteiger partial charge on any atom is -0.370 e. The van der Waals surface area contributed by atoms with Gasteiger partial charge in [0.05, 0.1) is 18.0 Å². The molecule has 1 heterocycles. The number of benzene rings is 1. The number of nitrogens with zero attached hydrogens (tertiary/aromatic N) is 2. The standard InChI is InChI=1S/C21H31ClN6O3.ClH/c22-13-18(29)16(8-4-10-26-21(24)25)27-19(30)17-9-5-11-28(17)20(31)15(23)12-14-6-2-1-3-7-14;/h1-3,6-7,15-17H,4-5,8-13,23H2,(H,27,30)(H4,24,25,26);1H. The lowest BCUT2D eigenvalue weighted by molar-refractivity contribution is -0.140. The van der Waals surface area contributed by atoms with Gasteiger partial charge < -0.3 is 27.4 Å². The molecule has 0 aromatic heterocycles. The highest BCUT2D eigenvalue weighted by Gasteiger charge is 2.37. The second-order valence-electron chi connectivity index (χ2n) is 7.60. The third-order valence-corrected chi connectivity index (χ3v) is 5.50. The number of nitrogens with one attached hydrogen (secondary N) is 1. The molecule has 0 spiro atoms. The third-order valence-electron chi connectivity index (χ3n) is 5.24. The van der Waals surface area contributed by atoms with E-state index >= 15 is 0 Å². The zero-order valence-electron chi connectivity index (χ0n) is 17.9. The van der Waals surface area contributed by atoms with Crippen molar-refractivity contribution in [3.63, 3.8) is 0 Å². The summed E-state index contributed by atoms with van der Waals surface area (Å²) in [6.07, 6.45) is 2.46. The van der Waals surface area contributed by atoms with Crippen LogP contribution >= 0.6 is 24.0 Å². The Morgan fingerprint density at radius 1 is 1.22 bits per heavy atom. The molecule has 0 aliphatic carbocycles. The topological polar surface area (TPSA) is 157 Å². The van der Waals surface area contributed by atoms with E-state index in [1.54, 1.807) is 0 Å². The van der Waals surface area contributed by atoms with Crippen molar-refractivity contribution in [3.05, 3.63) is 35.9 Å². The number of ketones is 1. The van der Waals surface area contributed by atoms with Crippen molar-refractivity contribution >= 4 is 47.6 Å². The Labute approximate surface area is 199 Å². The molecule has 2 amide bonds. The van der Waals surface area contributed by atoms with Gasteiger partial charge in [0.15, 0.2) is 11.7 Å². The fraction of sp³-hybridized carbons (Fsp3) is 0.524. The van der Waals surface area contributed by atoms with Gasteiger partial charge in [-0.3, -0.25) is 19.4 Å². The summed E-state index contributed by atoms with van der Waals surface area (Å²) >= 11 is 5.70. The highest BCUT2D eigenvalue weighted by atomic mass is 35.5. The molecule has 7 N–H and O–H groups in total. The van der Waals surface area contributed by atoms with Crippen molar-refractivity contribution in [1.82, 2.24) is 10.2 Å². The quantitative estimate of drug-likeness (QED) is 0.152. The fourth-order valence-corrected chi connectivity index (χ4v) is 3.84. The molecule has 178 valence electrons. The highest BCUT2D eigenvalue weighted by Crippen LogP contribution is 2.20. The smallest absolute Gasteiger partial charge is 0.243 e. The van der Waals surface area contributed by atoms with E-state index in [4.69, 9.17) is 28.8 Å². The van der Waals surface area contributed by atoms with Gasteiger partial charge in [0, 0.05) is 13.1 Å². The van der Waals surface area contributed by atoms with Gasteiger partial charge in [-0.05, 0) is 37.7 Å². The van der Waals surface area contributed by atoms with Crippen molar-refractivity contribution in [2.24, 2.45) is 22.2 Å². The Kier molecular flexibility index (Phi) is 12.0. The number of rotatable bonds is 11. The van der Waals surface area contributed by atoms with Crippen molar-refractivity contribution in [3.8, 4) is 0 Å². The number of likely N-dealkylation sites (tertiary alicyclic amines) is 1. The van der Waals surface area contributed by atoms with Gasteiger partial charge in [-0.2, -0.15) is 0 Å². The number of hydrogen-bond donors (Lipinski definition) is 4. The average Bonchev–Trinajstić information content (AvgIpc) is 3.25. The summed E-state index contributed by atoms with van der Waals surface area (Å²) in [5.41, 5.74) is 17.7. The van der Waals surface area contributed by atoms with Gasteiger partial charge in [-0.15, -0.1) is 24.0 Å². The second kappa shape index (κ2) is 13.9. The van der Waals surface area contributed by atoms with Crippen LogP contribution in [-0.2, 0) is 20.8 Å². The summed E-state index contributed by atoms with van der Waals surface area (Å²) < 4.78 is 0. The molecule has 0 radical (unpaired) electrons. The maximum atomic E-state index is 12.9. The first-order valence-electron chi connectivity index (χ1n) is 10.4. The molecule has 1 aromatic rings. The average molecular weight is 487 g/mol. The van der Waals surface area contributed by atoms with Crippen molar-refractivity contribution in [2.45, 2.75) is 50.2 Å². The number of amides is 2. The van der Waals surface area contributed by atoms with Crippen LogP contribution in [0.25, 0.3) is 0 Å². The molecule has 0 saturated carbocycles. The van der Waals surface area contributed by atoms with Gasteiger partial charge >= 0.3 is 0 Å². The summed E-state index contributed by atoms with van der Waals surface area (Å²) in [5, 5.41) is 2.75. The predicted octanol–water partition coefficient (Wildman–Crippen LogP) is 0.316. The van der Waals surface area contributed by atoms with Crippen LogP contribution in [0.1, 0.15) is 31.2 Å². The molecule has 1 aliphatic heterocycles. The number of nitrogens with two attached hydrogens (primary N) is 3. The molecule has 3 unspecified atom stereocenters. The first-order chi connectivity index (χ1) is 14.8. The van der Waals surface area contributed by atoms with E-state index < -0.39 is 18.1 Å². The van der Waals surface area contributed by atoms with Crippen molar-refractivity contribution < 1.29 is 14.4 Å². The fourth-order valence-electron chi connectivity index (χ4n) is 3.65. The van der Waals surface area contributed by atoms with Gasteiger partial charge in [-0.1, -0.05) is 30.3 Å². The van der Waals surface area contributed by atoms with Gasteiger partial charge in [0.25, 0.3) is 0 Å². The molecule has 1 aliphatic rings. The highest BCUT2D eigenvalue weighted by molar-refractivity contribution is 6.28. The van der Waals surface area contributed by atoms with Crippen LogP contribution in [0.4, 0.5) is 0 Å². The van der Waals surface area contributed by atoms with Crippen LogP contribution in [0.2, 0.25) is 0 Å². The number of halogens is 2. The normalized spacial score (nSPS) is 17.1. The molecule has 3 atom stereocenters. The predicted molar refractivity (Wildman–Crippen MR) is 128 cm³/mol. The number of carbonyl (C=O) groups is 3. The van der Waals surface area contributed by atoms with E-state index in [0.29, 0.717) is 45.2 Å². The molecule has 32 heavy (non-hydrogen) atoms. The minimum absolute atomic E-state index is 0. The van der Waals surface area contributed by atoms with Crippen molar-refractivity contribution in [1.29, 1.82) is 0 Å². The molecule has 1 fully saturated rings. The summed E-state index contributed by atoms with van der Waals surface area (Å²) in [7, 11) is 0. The zero-order valence-corrected chi connectivity index (χ0v) is 19.5. The molecule has 1 saturated heterocycles. The monoisotopic (exact) mass is 486 g/mol. The Bertz CT molecular complexity index is 789. The van der Waals surface area contributed by atoms with Gasteiger partial charge in [-0.25, -0.2) is 0 Å². The molecule has 1 aromatic carbocycles. The second-order valence-corrected chi connectivity index (χ2v) is 7.86. The third kappa shape index (κ3) is 8.29. The summed E-state index contributed by atoms with van der Waals surface area (Å²) in [4.78, 5) is 43.4. The SMILES string of the molecule is Cl.NC(N)=NCCCC(NC(=O)C1CCCN1C(=O)C(N)Cc1ccccc1)C(=O)CCl. The number of guanidine groups is 1. The number of Topliss-reactive ketones (excluding diaryl/α,β-unsaturated/α-hetero) is 1. The van der Waals surface area contributed by atoms with Crippen LogP contribution < -0.4 is 22.5 Å². The zero-order chi connectivity index (χ0) is 22.8. The number of aliphatic imine (C=N–C) groups is 1. The molecule has 9 nitrogen and oxygen atoms in total. The molecular formula is C21H32Cl2N6O3. The maximum absolute atomic E-state index is 12.9. The minimum atomic E-state index is -0.755. The van der Waals surface area contributed by atoms with Crippen molar-refractivity contribution in [2.75, 3.05) is 19.0 Å². The van der Waals surface area contributed by atoms with E-state index in [1.807, 2.05) is 30.3 Å². The van der Waals surface area contributed by atoms with E-state index in [-0.39, 0.29) is 41.8 Å². The lowest BCUT2D eigenvalue weighted by atomic mass is 10.0. The largest absolute Gasteiger partial charge is 0.370 e. The first-order valence-corrected chi connectivity index (χ1v) is 10.9. The Morgan fingerprint density at radius 2 is 1.91 bits per heavy atom. The summed E-state index contributed by atoms with van der Waals surface area (Å²) in [6, 6.07) is 7.34. The Hall–Kier alpha value is -2.36. The maximum Gasteiger partial charge on any atom is 0.243 e. The summed E-state index contributed by atoms with van der Waals surface area (Å²) in [6.45, 7) is 0.796. The molecular weight excluding hydrogens is 455 g/mol. The van der Waals surface area contributed by atoms with Crippen LogP contribution in [0.5, 0.6) is 0 Å². The number of carbonyl (C=O) groups excluding carboxylic acids is 3. The van der Waals surface area contributed by atoms with E-state index in [1.165, 1.54) is 4.90 Å². The van der Waals surface area contributed by atoms with Crippen LogP contribution in [0.15, 0.2) is 35.3 Å². The Morgan fingerprint density at radius 3 is 2.53 bits per heavy atom. The van der Waals surface area contributed by atoms with Gasteiger partial charge in [0.2, 0.25) is 11.8 Å². The van der Waals surface area contributed by atoms with Crippen LogP contribution in [0, 0.1) is 0 Å². The van der Waals surface area contributed by atoms with E-state index in [0.717, 1.165) is 5.56 Å². The molecule has 2 rings (SSSR count). The van der Waals surface area contributed by atoms with Crippen LogP contribution in [0.3, 0.4) is 0 Å². The van der Waals surface area contributed by atoms with Crippen LogP contribution in [-0.4, -0.2) is 65.6 Å². The lowest BCUT2D eigenvalue weighted by Gasteiger charge is -2.28. The van der Waals surface area contributed by atoms with E-state index in [2.05, 4.69) is 10.3 Å². The molecule has 0 bridgehead atoms. The number of hydrogen-bond acceptors (Lipinski definition) is 5.